The Morgan fingerprint density at radius 2 is 1.96 bits per heavy atom. The number of hydrazone groups is 1. The topological polar surface area (TPSA) is 50.7 Å². The Bertz CT molecular complexity index is 669. The summed E-state index contributed by atoms with van der Waals surface area (Å²) in [6.07, 6.45) is 3.74. The normalized spacial score (nSPS) is 10.7. The van der Waals surface area contributed by atoms with E-state index in [1.807, 2.05) is 48.5 Å². The van der Waals surface area contributed by atoms with E-state index in [2.05, 4.69) is 33.4 Å². The Labute approximate surface area is 144 Å². The summed E-state index contributed by atoms with van der Waals surface area (Å²) in [5.74, 6) is 0.376. The average Bonchev–Trinajstić information content (AvgIpc) is 2.56. The second-order valence-corrected chi connectivity index (χ2v) is 5.85. The molecule has 0 atom stereocenters. The molecular formula is C18H19BrN2O2. The number of ether oxygens (including phenoxy) is 1. The number of aryl methyl sites for hydroxylation is 1. The predicted octanol–water partition coefficient (Wildman–Crippen LogP) is 3.93. The summed E-state index contributed by atoms with van der Waals surface area (Å²) < 4.78 is 6.35. The van der Waals surface area contributed by atoms with Gasteiger partial charge in [-0.3, -0.25) is 4.79 Å². The van der Waals surface area contributed by atoms with Crippen LogP contribution < -0.4 is 10.2 Å². The third-order valence-electron chi connectivity index (χ3n) is 3.13. The first-order valence-electron chi connectivity index (χ1n) is 7.47. The molecule has 0 spiro atoms. The van der Waals surface area contributed by atoms with E-state index < -0.39 is 0 Å². The Morgan fingerprint density at radius 1 is 1.22 bits per heavy atom. The van der Waals surface area contributed by atoms with Gasteiger partial charge >= 0.3 is 0 Å². The third kappa shape index (κ3) is 5.87. The highest BCUT2D eigenvalue weighted by molar-refractivity contribution is 9.10. The van der Waals surface area contributed by atoms with Gasteiger partial charge in [0.05, 0.1) is 6.21 Å². The molecule has 0 aromatic heterocycles. The summed E-state index contributed by atoms with van der Waals surface area (Å²) in [4.78, 5) is 11.7. The number of hydrogen-bond acceptors (Lipinski definition) is 3. The quantitative estimate of drug-likeness (QED) is 0.589. The van der Waals surface area contributed by atoms with Crippen molar-refractivity contribution in [1.29, 1.82) is 0 Å². The van der Waals surface area contributed by atoms with Crippen LogP contribution in [0, 0.1) is 0 Å². The van der Waals surface area contributed by atoms with Crippen molar-refractivity contribution in [1.82, 2.24) is 5.43 Å². The highest BCUT2D eigenvalue weighted by atomic mass is 79.9. The summed E-state index contributed by atoms with van der Waals surface area (Å²) >= 11 is 3.41. The van der Waals surface area contributed by atoms with E-state index in [0.29, 0.717) is 5.75 Å². The lowest BCUT2D eigenvalue weighted by Gasteiger charge is -2.06. The minimum absolute atomic E-state index is 0.0690. The van der Waals surface area contributed by atoms with Crippen LogP contribution >= 0.6 is 15.9 Å². The summed E-state index contributed by atoms with van der Waals surface area (Å²) in [5, 5.41) is 3.92. The second kappa shape index (κ2) is 9.10. The third-order valence-corrected chi connectivity index (χ3v) is 3.85. The summed E-state index contributed by atoms with van der Waals surface area (Å²) in [6, 6.07) is 15.4. The van der Waals surface area contributed by atoms with Crippen LogP contribution in [0.3, 0.4) is 0 Å². The number of hydrogen-bond donors (Lipinski definition) is 1. The molecule has 1 N–H and O–H groups in total. The van der Waals surface area contributed by atoms with Crippen molar-refractivity contribution in [3.63, 3.8) is 0 Å². The lowest BCUT2D eigenvalue weighted by Crippen LogP contribution is -2.24. The van der Waals surface area contributed by atoms with Crippen molar-refractivity contribution >= 4 is 28.1 Å². The lowest BCUT2D eigenvalue weighted by molar-refractivity contribution is -0.123. The molecule has 1 amide bonds. The molecule has 5 heteroatoms. The molecule has 2 aromatic carbocycles. The van der Waals surface area contributed by atoms with Gasteiger partial charge in [0.25, 0.3) is 5.91 Å². The first kappa shape index (κ1) is 17.2. The van der Waals surface area contributed by atoms with E-state index in [1.165, 1.54) is 5.56 Å². The van der Waals surface area contributed by atoms with Gasteiger partial charge < -0.3 is 4.74 Å². The molecular weight excluding hydrogens is 356 g/mol. The van der Waals surface area contributed by atoms with E-state index in [9.17, 15) is 4.79 Å². The Hall–Kier alpha value is -2.14. The molecule has 2 aromatic rings. The molecule has 4 nitrogen and oxygen atoms in total. The van der Waals surface area contributed by atoms with Gasteiger partial charge in [0.15, 0.2) is 6.61 Å². The molecule has 0 fully saturated rings. The fourth-order valence-electron chi connectivity index (χ4n) is 1.98. The van der Waals surface area contributed by atoms with Crippen molar-refractivity contribution in [2.24, 2.45) is 5.10 Å². The van der Waals surface area contributed by atoms with Gasteiger partial charge in [-0.1, -0.05) is 59.6 Å². The zero-order valence-electron chi connectivity index (χ0n) is 13.0. The Balaban J connectivity index is 1.78. The van der Waals surface area contributed by atoms with Crippen LogP contribution in [-0.4, -0.2) is 18.7 Å². The first-order chi connectivity index (χ1) is 11.2. The number of benzene rings is 2. The Morgan fingerprint density at radius 3 is 2.65 bits per heavy atom. The molecule has 23 heavy (non-hydrogen) atoms. The van der Waals surface area contributed by atoms with Crippen molar-refractivity contribution in [3.05, 3.63) is 64.1 Å². The maximum absolute atomic E-state index is 11.7. The van der Waals surface area contributed by atoms with Crippen LogP contribution in [-0.2, 0) is 11.2 Å². The van der Waals surface area contributed by atoms with E-state index in [4.69, 9.17) is 4.74 Å². The van der Waals surface area contributed by atoms with Crippen molar-refractivity contribution in [2.75, 3.05) is 6.61 Å². The number of carbonyl (C=O) groups excluding carboxylic acids is 1. The summed E-state index contributed by atoms with van der Waals surface area (Å²) in [7, 11) is 0. The standard InChI is InChI=1S/C18H19BrN2O2/c1-2-5-14-8-10-16(11-9-14)23-13-18(22)21-20-12-15-6-3-4-7-17(15)19/h3-4,6-12H,2,5,13H2,1H3,(H,21,22). The highest BCUT2D eigenvalue weighted by Crippen LogP contribution is 2.14. The Kier molecular flexibility index (Phi) is 6.81. The number of halogens is 1. The van der Waals surface area contributed by atoms with Gasteiger partial charge in [-0.2, -0.15) is 5.10 Å². The molecule has 2 rings (SSSR count). The van der Waals surface area contributed by atoms with Gasteiger partial charge in [0.1, 0.15) is 5.75 Å². The predicted molar refractivity (Wildman–Crippen MR) is 95.8 cm³/mol. The molecule has 0 aliphatic rings. The van der Waals surface area contributed by atoms with E-state index >= 15 is 0 Å². The zero-order chi connectivity index (χ0) is 16.5. The van der Waals surface area contributed by atoms with Gasteiger partial charge in [-0.05, 0) is 30.2 Å². The SMILES string of the molecule is CCCc1ccc(OCC(=O)NN=Cc2ccccc2Br)cc1. The van der Waals surface area contributed by atoms with Crippen molar-refractivity contribution in [3.8, 4) is 5.75 Å². The lowest BCUT2D eigenvalue weighted by atomic mass is 10.1. The van der Waals surface area contributed by atoms with E-state index in [0.717, 1.165) is 22.9 Å². The van der Waals surface area contributed by atoms with Gasteiger partial charge in [0, 0.05) is 10.0 Å². The minimum Gasteiger partial charge on any atom is -0.484 e. The van der Waals surface area contributed by atoms with Crippen LogP contribution in [0.2, 0.25) is 0 Å². The van der Waals surface area contributed by atoms with Crippen LogP contribution in [0.15, 0.2) is 58.1 Å². The van der Waals surface area contributed by atoms with E-state index in [-0.39, 0.29) is 12.5 Å². The number of amides is 1. The number of carbonyl (C=O) groups is 1. The first-order valence-corrected chi connectivity index (χ1v) is 8.26. The zero-order valence-corrected chi connectivity index (χ0v) is 14.5. The largest absolute Gasteiger partial charge is 0.484 e. The van der Waals surface area contributed by atoms with Gasteiger partial charge in [-0.25, -0.2) is 5.43 Å². The fourth-order valence-corrected chi connectivity index (χ4v) is 2.36. The smallest absolute Gasteiger partial charge is 0.277 e. The van der Waals surface area contributed by atoms with E-state index in [1.54, 1.807) is 6.21 Å². The molecule has 0 unspecified atom stereocenters. The molecule has 0 bridgehead atoms. The molecule has 0 aliphatic heterocycles. The number of nitrogens with zero attached hydrogens (tertiary/aromatic N) is 1. The van der Waals surface area contributed by atoms with Crippen LogP contribution in [0.5, 0.6) is 5.75 Å². The molecule has 0 saturated heterocycles. The van der Waals surface area contributed by atoms with Gasteiger partial charge in [-0.15, -0.1) is 0 Å². The van der Waals surface area contributed by atoms with Crippen LogP contribution in [0.25, 0.3) is 0 Å². The second-order valence-electron chi connectivity index (χ2n) is 5.00. The molecule has 0 aliphatic carbocycles. The van der Waals surface area contributed by atoms with Crippen molar-refractivity contribution < 1.29 is 9.53 Å². The molecule has 120 valence electrons. The highest BCUT2D eigenvalue weighted by Gasteiger charge is 2.02. The molecule has 0 heterocycles. The molecule has 0 radical (unpaired) electrons. The number of nitrogens with one attached hydrogen (secondary N) is 1. The van der Waals surface area contributed by atoms with Crippen molar-refractivity contribution in [2.45, 2.75) is 19.8 Å². The maximum atomic E-state index is 11.7. The van der Waals surface area contributed by atoms with Crippen LogP contribution in [0.4, 0.5) is 0 Å². The summed E-state index contributed by atoms with van der Waals surface area (Å²) in [5.41, 5.74) is 4.60. The van der Waals surface area contributed by atoms with Crippen LogP contribution in [0.1, 0.15) is 24.5 Å². The number of rotatable bonds is 7. The summed E-state index contributed by atoms with van der Waals surface area (Å²) in [6.45, 7) is 2.07. The monoisotopic (exact) mass is 374 g/mol. The fraction of sp³-hybridized carbons (Fsp3) is 0.222. The minimum atomic E-state index is -0.300. The molecule has 0 saturated carbocycles. The average molecular weight is 375 g/mol. The van der Waals surface area contributed by atoms with Gasteiger partial charge in [0.2, 0.25) is 0 Å². The maximum Gasteiger partial charge on any atom is 0.277 e.